The normalized spacial score (nSPS) is 16.9. The van der Waals surface area contributed by atoms with E-state index in [4.69, 9.17) is 4.74 Å². The summed E-state index contributed by atoms with van der Waals surface area (Å²) in [6.45, 7) is 6.22. The molecule has 0 unspecified atom stereocenters. The molecule has 1 aliphatic heterocycles. The Hall–Kier alpha value is -2.01. The summed E-state index contributed by atoms with van der Waals surface area (Å²) in [5.41, 5.74) is 0.790. The Kier molecular flexibility index (Phi) is 4.63. The Bertz CT molecular complexity index is 580. The average Bonchev–Trinajstić information content (AvgIpc) is 2.69. The fourth-order valence-electron chi connectivity index (χ4n) is 1.81. The number of nitrogens with zero attached hydrogens (tertiary/aromatic N) is 1. The van der Waals surface area contributed by atoms with E-state index >= 15 is 0 Å². The lowest BCUT2D eigenvalue weighted by atomic mass is 10.2. The first kappa shape index (κ1) is 14.4. The zero-order chi connectivity index (χ0) is 14.5. The number of rotatable bonds is 5. The molecule has 0 radical (unpaired) electrons. The zero-order valence-corrected chi connectivity index (χ0v) is 12.0. The third-order valence-corrected chi connectivity index (χ3v) is 3.60. The molecular weight excluding hydrogens is 274 g/mol. The van der Waals surface area contributed by atoms with Gasteiger partial charge in [0.05, 0.1) is 11.5 Å². The van der Waals surface area contributed by atoms with Gasteiger partial charge in [-0.3, -0.25) is 14.5 Å². The van der Waals surface area contributed by atoms with Gasteiger partial charge in [-0.25, -0.2) is 0 Å². The molecule has 1 aliphatic rings. The molecule has 1 aromatic rings. The van der Waals surface area contributed by atoms with E-state index in [9.17, 15) is 9.59 Å². The van der Waals surface area contributed by atoms with Crippen LogP contribution in [-0.4, -0.2) is 29.2 Å². The van der Waals surface area contributed by atoms with Gasteiger partial charge in [-0.05, 0) is 30.8 Å². The first-order valence-electron chi connectivity index (χ1n) is 6.25. The summed E-state index contributed by atoms with van der Waals surface area (Å²) in [6, 6.07) is 7.42. The Balaban J connectivity index is 2.30. The lowest BCUT2D eigenvalue weighted by Gasteiger charge is -2.08. The minimum Gasteiger partial charge on any atom is -0.493 e. The van der Waals surface area contributed by atoms with E-state index in [-0.39, 0.29) is 17.7 Å². The highest BCUT2D eigenvalue weighted by atomic mass is 32.2. The molecule has 0 N–H and O–H groups in total. The van der Waals surface area contributed by atoms with E-state index < -0.39 is 0 Å². The van der Waals surface area contributed by atoms with E-state index in [0.717, 1.165) is 17.3 Å². The summed E-state index contributed by atoms with van der Waals surface area (Å²) in [5, 5.41) is -0.268. The molecule has 1 heterocycles. The molecule has 1 aromatic carbocycles. The number of para-hydroxylation sites is 1. The maximum absolute atomic E-state index is 12.1. The molecule has 0 aromatic heterocycles. The highest BCUT2D eigenvalue weighted by molar-refractivity contribution is 8.18. The van der Waals surface area contributed by atoms with Crippen molar-refractivity contribution in [1.82, 2.24) is 4.90 Å². The van der Waals surface area contributed by atoms with Gasteiger partial charge in [0.2, 0.25) is 0 Å². The van der Waals surface area contributed by atoms with Crippen molar-refractivity contribution in [2.45, 2.75) is 6.92 Å². The van der Waals surface area contributed by atoms with Crippen molar-refractivity contribution in [3.05, 3.63) is 47.4 Å². The van der Waals surface area contributed by atoms with E-state index in [1.165, 1.54) is 11.0 Å². The second-order valence-electron chi connectivity index (χ2n) is 4.05. The fourth-order valence-corrected chi connectivity index (χ4v) is 2.65. The van der Waals surface area contributed by atoms with Gasteiger partial charge in [-0.15, -0.1) is 6.58 Å². The van der Waals surface area contributed by atoms with Crippen molar-refractivity contribution in [2.24, 2.45) is 0 Å². The van der Waals surface area contributed by atoms with Gasteiger partial charge in [-0.1, -0.05) is 24.3 Å². The van der Waals surface area contributed by atoms with Gasteiger partial charge in [-0.2, -0.15) is 0 Å². The third kappa shape index (κ3) is 2.93. The zero-order valence-electron chi connectivity index (χ0n) is 11.2. The molecule has 2 amide bonds. The topological polar surface area (TPSA) is 46.6 Å². The minimum absolute atomic E-state index is 0.231. The van der Waals surface area contributed by atoms with Crippen molar-refractivity contribution >= 4 is 29.0 Å². The van der Waals surface area contributed by atoms with Crippen LogP contribution in [0.5, 0.6) is 5.75 Å². The highest BCUT2D eigenvalue weighted by Gasteiger charge is 2.34. The number of amides is 2. The molecule has 1 saturated heterocycles. The SMILES string of the molecule is C=CCN1C(=O)S/C(=C/c2ccccc2OCC)C1=O. The second kappa shape index (κ2) is 6.43. The summed E-state index contributed by atoms with van der Waals surface area (Å²) >= 11 is 0.939. The Morgan fingerprint density at radius 1 is 1.35 bits per heavy atom. The summed E-state index contributed by atoms with van der Waals surface area (Å²) < 4.78 is 5.50. The first-order valence-corrected chi connectivity index (χ1v) is 7.07. The van der Waals surface area contributed by atoms with Crippen LogP contribution in [0.25, 0.3) is 6.08 Å². The number of benzene rings is 1. The second-order valence-corrected chi connectivity index (χ2v) is 5.05. The van der Waals surface area contributed by atoms with Crippen molar-refractivity contribution in [3.63, 3.8) is 0 Å². The van der Waals surface area contributed by atoms with E-state index in [0.29, 0.717) is 17.3 Å². The smallest absolute Gasteiger partial charge is 0.293 e. The Labute approximate surface area is 122 Å². The van der Waals surface area contributed by atoms with Gasteiger partial charge in [0.1, 0.15) is 5.75 Å². The predicted octanol–water partition coefficient (Wildman–Crippen LogP) is 3.31. The van der Waals surface area contributed by atoms with Crippen LogP contribution in [0, 0.1) is 0 Å². The fraction of sp³-hybridized carbons (Fsp3) is 0.200. The van der Waals surface area contributed by atoms with Gasteiger partial charge in [0.25, 0.3) is 11.1 Å². The Morgan fingerprint density at radius 3 is 2.80 bits per heavy atom. The molecule has 20 heavy (non-hydrogen) atoms. The van der Waals surface area contributed by atoms with Crippen LogP contribution < -0.4 is 4.74 Å². The van der Waals surface area contributed by atoms with Crippen LogP contribution in [-0.2, 0) is 4.79 Å². The van der Waals surface area contributed by atoms with Crippen LogP contribution in [0.1, 0.15) is 12.5 Å². The largest absolute Gasteiger partial charge is 0.493 e. The van der Waals surface area contributed by atoms with Crippen molar-refractivity contribution in [2.75, 3.05) is 13.2 Å². The molecule has 5 heteroatoms. The number of carbonyl (C=O) groups excluding carboxylic acids is 2. The maximum atomic E-state index is 12.1. The molecule has 0 bridgehead atoms. The summed E-state index contributed by atoms with van der Waals surface area (Å²) in [7, 11) is 0. The highest BCUT2D eigenvalue weighted by Crippen LogP contribution is 2.33. The number of ether oxygens (including phenoxy) is 1. The van der Waals surface area contributed by atoms with Crippen LogP contribution in [0.4, 0.5) is 4.79 Å². The lowest BCUT2D eigenvalue weighted by molar-refractivity contribution is -0.122. The summed E-state index contributed by atoms with van der Waals surface area (Å²) in [4.78, 5) is 25.4. The van der Waals surface area contributed by atoms with Crippen LogP contribution in [0.2, 0.25) is 0 Å². The molecule has 0 spiro atoms. The monoisotopic (exact) mass is 289 g/mol. The third-order valence-electron chi connectivity index (χ3n) is 2.69. The Morgan fingerprint density at radius 2 is 2.10 bits per heavy atom. The van der Waals surface area contributed by atoms with Crippen LogP contribution in [0.15, 0.2) is 41.8 Å². The first-order chi connectivity index (χ1) is 9.67. The standard InChI is InChI=1S/C15H15NO3S/c1-3-9-16-14(17)13(20-15(16)18)10-11-7-5-6-8-12(11)19-4-2/h3,5-8,10H,1,4,9H2,2H3/b13-10+. The number of hydrogen-bond donors (Lipinski definition) is 0. The lowest BCUT2D eigenvalue weighted by Crippen LogP contribution is -2.27. The quantitative estimate of drug-likeness (QED) is 0.616. The average molecular weight is 289 g/mol. The molecule has 104 valence electrons. The minimum atomic E-state index is -0.286. The van der Waals surface area contributed by atoms with E-state index in [1.54, 1.807) is 6.08 Å². The molecule has 2 rings (SSSR count). The predicted molar refractivity (Wildman–Crippen MR) is 80.5 cm³/mol. The number of imide groups is 1. The molecule has 0 saturated carbocycles. The number of carbonyl (C=O) groups is 2. The van der Waals surface area contributed by atoms with Crippen LogP contribution >= 0.6 is 11.8 Å². The van der Waals surface area contributed by atoms with Crippen molar-refractivity contribution < 1.29 is 14.3 Å². The number of hydrogen-bond acceptors (Lipinski definition) is 4. The molecule has 4 nitrogen and oxygen atoms in total. The molecule has 0 aliphatic carbocycles. The van der Waals surface area contributed by atoms with E-state index in [2.05, 4.69) is 6.58 Å². The molecular formula is C15H15NO3S. The summed E-state index contributed by atoms with van der Waals surface area (Å²) in [6.07, 6.45) is 3.23. The molecule has 1 fully saturated rings. The van der Waals surface area contributed by atoms with Gasteiger partial charge in [0.15, 0.2) is 0 Å². The van der Waals surface area contributed by atoms with Crippen LogP contribution in [0.3, 0.4) is 0 Å². The van der Waals surface area contributed by atoms with E-state index in [1.807, 2.05) is 31.2 Å². The van der Waals surface area contributed by atoms with Crippen molar-refractivity contribution in [1.29, 1.82) is 0 Å². The van der Waals surface area contributed by atoms with Gasteiger partial charge < -0.3 is 4.74 Å². The van der Waals surface area contributed by atoms with Crippen molar-refractivity contribution in [3.8, 4) is 5.75 Å². The summed E-state index contributed by atoms with van der Waals surface area (Å²) in [5.74, 6) is 0.414. The maximum Gasteiger partial charge on any atom is 0.293 e. The van der Waals surface area contributed by atoms with Gasteiger partial charge in [0, 0.05) is 12.1 Å². The molecule has 0 atom stereocenters. The van der Waals surface area contributed by atoms with Gasteiger partial charge >= 0.3 is 0 Å². The number of thioether (sulfide) groups is 1.